The van der Waals surface area contributed by atoms with Crippen molar-refractivity contribution in [2.45, 2.75) is 11.6 Å². The van der Waals surface area contributed by atoms with Crippen molar-refractivity contribution in [2.24, 2.45) is 0 Å². The Labute approximate surface area is 193 Å². The Morgan fingerprint density at radius 1 is 1.03 bits per heavy atom. The molecule has 0 radical (unpaired) electrons. The molecule has 1 amide bonds. The molecule has 1 aliphatic heterocycles. The van der Waals surface area contributed by atoms with Crippen molar-refractivity contribution in [3.05, 3.63) is 88.9 Å². The second-order valence-corrected chi connectivity index (χ2v) is 8.62. The number of Topliss-reactive ketones (excluding diaryl/α,β-unsaturated/α-hetero) is 1. The maximum absolute atomic E-state index is 13.0. The van der Waals surface area contributed by atoms with E-state index in [-0.39, 0.29) is 23.9 Å². The van der Waals surface area contributed by atoms with E-state index in [1.165, 1.54) is 11.8 Å². The van der Waals surface area contributed by atoms with Crippen molar-refractivity contribution >= 4 is 40.7 Å². The molecule has 2 heterocycles. The standard InChI is InChI=1S/C24H17ClN4O2S/c25-19-13-20-16(12-22(31)26-20)11-18(19)21(30)14-32-24-28-27-23(15-7-3-1-4-8-15)29(24)17-9-5-2-6-10-17/h1-11,13H,12,14H2,(H,26,31). The highest BCUT2D eigenvalue weighted by atomic mass is 35.5. The van der Waals surface area contributed by atoms with Crippen LogP contribution in [0.15, 0.2) is 78.0 Å². The molecular weight excluding hydrogens is 444 g/mol. The van der Waals surface area contributed by atoms with E-state index >= 15 is 0 Å². The molecule has 0 saturated carbocycles. The van der Waals surface area contributed by atoms with Gasteiger partial charge in [-0.2, -0.15) is 0 Å². The van der Waals surface area contributed by atoms with Gasteiger partial charge >= 0.3 is 0 Å². The summed E-state index contributed by atoms with van der Waals surface area (Å²) in [5.41, 5.74) is 3.70. The van der Waals surface area contributed by atoms with Crippen LogP contribution in [0.5, 0.6) is 0 Å². The lowest BCUT2D eigenvalue weighted by atomic mass is 10.1. The number of aromatic nitrogens is 3. The van der Waals surface area contributed by atoms with Gasteiger partial charge in [0.15, 0.2) is 16.8 Å². The number of para-hydroxylation sites is 1. The van der Waals surface area contributed by atoms with E-state index in [1.54, 1.807) is 12.1 Å². The minimum absolute atomic E-state index is 0.0977. The quantitative estimate of drug-likeness (QED) is 0.321. The van der Waals surface area contributed by atoms with E-state index in [1.807, 2.05) is 65.2 Å². The third-order valence-electron chi connectivity index (χ3n) is 5.13. The lowest BCUT2D eigenvalue weighted by molar-refractivity contribution is -0.115. The average molecular weight is 461 g/mol. The number of hydrogen-bond acceptors (Lipinski definition) is 5. The number of carbonyl (C=O) groups is 2. The summed E-state index contributed by atoms with van der Waals surface area (Å²) in [7, 11) is 0. The van der Waals surface area contributed by atoms with Crippen LogP contribution in [0.4, 0.5) is 5.69 Å². The number of fused-ring (bicyclic) bond motifs is 1. The second-order valence-electron chi connectivity index (χ2n) is 7.27. The first kappa shape index (κ1) is 20.5. The maximum atomic E-state index is 13.0. The molecule has 158 valence electrons. The summed E-state index contributed by atoms with van der Waals surface area (Å²) in [6, 6.07) is 22.9. The minimum Gasteiger partial charge on any atom is -0.325 e. The number of halogens is 1. The van der Waals surface area contributed by atoms with E-state index in [0.29, 0.717) is 27.3 Å². The number of rotatable bonds is 6. The van der Waals surface area contributed by atoms with Crippen LogP contribution in [-0.4, -0.2) is 32.2 Å². The van der Waals surface area contributed by atoms with Crippen LogP contribution >= 0.6 is 23.4 Å². The van der Waals surface area contributed by atoms with Crippen LogP contribution in [0.3, 0.4) is 0 Å². The van der Waals surface area contributed by atoms with Gasteiger partial charge < -0.3 is 5.32 Å². The van der Waals surface area contributed by atoms with E-state index in [2.05, 4.69) is 15.5 Å². The smallest absolute Gasteiger partial charge is 0.228 e. The molecule has 4 aromatic rings. The molecule has 0 bridgehead atoms. The zero-order valence-electron chi connectivity index (χ0n) is 16.8. The van der Waals surface area contributed by atoms with Gasteiger partial charge in [-0.25, -0.2) is 0 Å². The molecule has 0 unspecified atom stereocenters. The van der Waals surface area contributed by atoms with Crippen molar-refractivity contribution in [1.29, 1.82) is 0 Å². The number of benzene rings is 3. The number of carbonyl (C=O) groups excluding carboxylic acids is 2. The molecule has 3 aromatic carbocycles. The van der Waals surface area contributed by atoms with Crippen LogP contribution in [0, 0.1) is 0 Å². The molecule has 32 heavy (non-hydrogen) atoms. The second kappa shape index (κ2) is 8.61. The molecule has 0 aliphatic carbocycles. The number of hydrogen-bond donors (Lipinski definition) is 1. The Bertz CT molecular complexity index is 1320. The number of amides is 1. The van der Waals surface area contributed by atoms with Crippen LogP contribution in [-0.2, 0) is 11.2 Å². The van der Waals surface area contributed by atoms with Gasteiger partial charge in [-0.05, 0) is 29.8 Å². The molecule has 6 nitrogen and oxygen atoms in total. The fourth-order valence-electron chi connectivity index (χ4n) is 3.62. The fourth-order valence-corrected chi connectivity index (χ4v) is 4.72. The maximum Gasteiger partial charge on any atom is 0.228 e. The number of nitrogens with one attached hydrogen (secondary N) is 1. The summed E-state index contributed by atoms with van der Waals surface area (Å²) in [4.78, 5) is 24.6. The molecule has 0 fully saturated rings. The van der Waals surface area contributed by atoms with Gasteiger partial charge in [0.05, 0.1) is 17.2 Å². The van der Waals surface area contributed by atoms with Gasteiger partial charge in [0.2, 0.25) is 5.91 Å². The molecule has 5 rings (SSSR count). The van der Waals surface area contributed by atoms with Gasteiger partial charge in [0.25, 0.3) is 0 Å². The van der Waals surface area contributed by atoms with Crippen molar-refractivity contribution in [3.8, 4) is 17.1 Å². The van der Waals surface area contributed by atoms with Crippen molar-refractivity contribution in [1.82, 2.24) is 14.8 Å². The van der Waals surface area contributed by atoms with Gasteiger partial charge in [-0.1, -0.05) is 71.9 Å². The Kier molecular flexibility index (Phi) is 5.51. The first-order valence-corrected chi connectivity index (χ1v) is 11.3. The molecule has 0 saturated heterocycles. The van der Waals surface area contributed by atoms with Crippen molar-refractivity contribution in [2.75, 3.05) is 11.1 Å². The molecule has 0 atom stereocenters. The van der Waals surface area contributed by atoms with Crippen LogP contribution < -0.4 is 5.32 Å². The largest absolute Gasteiger partial charge is 0.325 e. The number of nitrogens with zero attached hydrogens (tertiary/aromatic N) is 3. The molecule has 8 heteroatoms. The van der Waals surface area contributed by atoms with E-state index in [0.717, 1.165) is 16.8 Å². The molecule has 0 spiro atoms. The zero-order chi connectivity index (χ0) is 22.1. The van der Waals surface area contributed by atoms with Crippen molar-refractivity contribution in [3.63, 3.8) is 0 Å². The number of ketones is 1. The predicted octanol–water partition coefficient (Wildman–Crippen LogP) is 5.06. The summed E-state index contributed by atoms with van der Waals surface area (Å²) in [5.74, 6) is 0.608. The first-order valence-electron chi connectivity index (χ1n) is 9.94. The third-order valence-corrected chi connectivity index (χ3v) is 6.37. The fraction of sp³-hybridized carbons (Fsp3) is 0.0833. The number of anilines is 1. The van der Waals surface area contributed by atoms with Crippen LogP contribution in [0.2, 0.25) is 5.02 Å². The third kappa shape index (κ3) is 3.92. The minimum atomic E-state index is -0.133. The Morgan fingerprint density at radius 2 is 1.75 bits per heavy atom. The van der Waals surface area contributed by atoms with Crippen LogP contribution in [0.1, 0.15) is 15.9 Å². The van der Waals surface area contributed by atoms with Gasteiger partial charge in [0.1, 0.15) is 0 Å². The lowest BCUT2D eigenvalue weighted by Crippen LogP contribution is -2.06. The number of thioether (sulfide) groups is 1. The van der Waals surface area contributed by atoms with Gasteiger partial charge in [-0.3, -0.25) is 14.2 Å². The lowest BCUT2D eigenvalue weighted by Gasteiger charge is -2.10. The molecule has 1 aromatic heterocycles. The van der Waals surface area contributed by atoms with Gasteiger partial charge in [-0.15, -0.1) is 10.2 Å². The van der Waals surface area contributed by atoms with E-state index < -0.39 is 0 Å². The predicted molar refractivity (Wildman–Crippen MR) is 126 cm³/mol. The highest BCUT2D eigenvalue weighted by molar-refractivity contribution is 7.99. The highest BCUT2D eigenvalue weighted by Gasteiger charge is 2.23. The monoisotopic (exact) mass is 460 g/mol. The van der Waals surface area contributed by atoms with E-state index in [9.17, 15) is 9.59 Å². The molecule has 1 N–H and O–H groups in total. The first-order chi connectivity index (χ1) is 15.6. The summed E-state index contributed by atoms with van der Waals surface area (Å²) < 4.78 is 1.94. The molecular formula is C24H17ClN4O2S. The normalized spacial score (nSPS) is 12.5. The van der Waals surface area contributed by atoms with E-state index in [4.69, 9.17) is 11.6 Å². The SMILES string of the molecule is O=C1Cc2cc(C(=O)CSc3nnc(-c4ccccc4)n3-c3ccccc3)c(Cl)cc2N1. The summed E-state index contributed by atoms with van der Waals surface area (Å²) in [6.07, 6.45) is 0.253. The Balaban J connectivity index is 1.44. The van der Waals surface area contributed by atoms with Crippen molar-refractivity contribution < 1.29 is 9.59 Å². The summed E-state index contributed by atoms with van der Waals surface area (Å²) in [6.45, 7) is 0. The topological polar surface area (TPSA) is 76.9 Å². The summed E-state index contributed by atoms with van der Waals surface area (Å²) >= 11 is 7.63. The van der Waals surface area contributed by atoms with Gasteiger partial charge in [0, 0.05) is 22.5 Å². The Morgan fingerprint density at radius 3 is 2.50 bits per heavy atom. The average Bonchev–Trinajstić information content (AvgIpc) is 3.40. The molecule has 1 aliphatic rings. The van der Waals surface area contributed by atoms with Crippen LogP contribution in [0.25, 0.3) is 17.1 Å². The highest BCUT2D eigenvalue weighted by Crippen LogP contribution is 2.32. The summed E-state index contributed by atoms with van der Waals surface area (Å²) in [5, 5.41) is 12.4. The Hall–Kier alpha value is -3.42. The zero-order valence-corrected chi connectivity index (χ0v) is 18.4.